The van der Waals surface area contributed by atoms with Gasteiger partial charge in [0.1, 0.15) is 5.82 Å². The van der Waals surface area contributed by atoms with Gasteiger partial charge >= 0.3 is 0 Å². The first-order valence-electron chi connectivity index (χ1n) is 2.45. The zero-order valence-corrected chi connectivity index (χ0v) is 4.93. The van der Waals surface area contributed by atoms with Crippen molar-refractivity contribution in [2.75, 3.05) is 5.73 Å². The fourth-order valence-electron chi connectivity index (χ4n) is 0.463. The van der Waals surface area contributed by atoms with Crippen molar-refractivity contribution in [1.82, 2.24) is 9.97 Å². The lowest BCUT2D eigenvalue weighted by Crippen LogP contribution is -1.97. The maximum absolute atomic E-state index is 12.1. The number of nitrogens with zero attached hydrogens (tertiary/aromatic N) is 2. The van der Waals surface area contributed by atoms with E-state index in [4.69, 9.17) is 5.73 Å². The Kier molecular flexibility index (Phi) is 1.30. The Hall–Kier alpha value is -1.19. The molecule has 0 aliphatic carbocycles. The van der Waals surface area contributed by atoms with Gasteiger partial charge in [0.05, 0.1) is 11.9 Å². The molecule has 0 saturated carbocycles. The quantitative estimate of drug-likeness (QED) is 0.552. The Morgan fingerprint density at radius 1 is 1.67 bits per heavy atom. The van der Waals surface area contributed by atoms with Crippen LogP contribution < -0.4 is 5.73 Å². The van der Waals surface area contributed by atoms with Crippen LogP contribution in [0.4, 0.5) is 10.2 Å². The number of rotatable bonds is 0. The molecule has 0 amide bonds. The van der Waals surface area contributed by atoms with Gasteiger partial charge in [0.15, 0.2) is 0 Å². The van der Waals surface area contributed by atoms with Gasteiger partial charge in [-0.2, -0.15) is 4.39 Å². The van der Waals surface area contributed by atoms with Gasteiger partial charge < -0.3 is 5.73 Å². The van der Waals surface area contributed by atoms with Crippen molar-refractivity contribution < 1.29 is 4.39 Å². The number of nitrogen functional groups attached to an aromatic ring is 1. The smallest absolute Gasteiger partial charge is 0.231 e. The van der Waals surface area contributed by atoms with E-state index < -0.39 is 5.95 Å². The Morgan fingerprint density at radius 2 is 2.33 bits per heavy atom. The van der Waals surface area contributed by atoms with Crippen molar-refractivity contribution >= 4 is 5.82 Å². The summed E-state index contributed by atoms with van der Waals surface area (Å²) in [6, 6.07) is 0. The maximum Gasteiger partial charge on any atom is 0.231 e. The molecule has 1 aromatic rings. The minimum absolute atomic E-state index is 0.274. The van der Waals surface area contributed by atoms with E-state index in [1.165, 1.54) is 0 Å². The van der Waals surface area contributed by atoms with E-state index in [1.54, 1.807) is 6.92 Å². The number of halogens is 1. The first kappa shape index (κ1) is 5.94. The maximum atomic E-state index is 12.1. The largest absolute Gasteiger partial charge is 0.382 e. The molecule has 0 atom stereocenters. The zero-order valence-electron chi connectivity index (χ0n) is 4.93. The summed E-state index contributed by atoms with van der Waals surface area (Å²) in [5, 5.41) is 0. The van der Waals surface area contributed by atoms with E-state index in [9.17, 15) is 4.39 Å². The summed E-state index contributed by atoms with van der Waals surface area (Å²) in [7, 11) is 0. The van der Waals surface area contributed by atoms with Gasteiger partial charge in [-0.25, -0.2) is 9.97 Å². The van der Waals surface area contributed by atoms with Gasteiger partial charge in [-0.3, -0.25) is 0 Å². The molecule has 0 saturated heterocycles. The summed E-state index contributed by atoms with van der Waals surface area (Å²) in [4.78, 5) is 6.94. The molecule has 0 aliphatic rings. The van der Waals surface area contributed by atoms with E-state index in [0.717, 1.165) is 6.20 Å². The molecule has 0 spiro atoms. The van der Waals surface area contributed by atoms with Crippen molar-refractivity contribution in [1.29, 1.82) is 0 Å². The number of aromatic nitrogens is 2. The summed E-state index contributed by atoms with van der Waals surface area (Å²) < 4.78 is 12.1. The average Bonchev–Trinajstić information content (AvgIpc) is 1.80. The second-order valence-corrected chi connectivity index (χ2v) is 1.66. The minimum Gasteiger partial charge on any atom is -0.382 e. The number of hydrogen-bond acceptors (Lipinski definition) is 3. The fourth-order valence-corrected chi connectivity index (χ4v) is 0.463. The third-order valence-electron chi connectivity index (χ3n) is 0.955. The van der Waals surface area contributed by atoms with Crippen LogP contribution in [0.2, 0.25) is 0 Å². The molecule has 3 nitrogen and oxygen atoms in total. The lowest BCUT2D eigenvalue weighted by molar-refractivity contribution is 0.573. The van der Waals surface area contributed by atoms with Crippen LogP contribution in [0, 0.1) is 12.9 Å². The van der Waals surface area contributed by atoms with E-state index in [-0.39, 0.29) is 5.82 Å². The second-order valence-electron chi connectivity index (χ2n) is 1.66. The van der Waals surface area contributed by atoms with Crippen molar-refractivity contribution in [3.05, 3.63) is 17.8 Å². The Balaban J connectivity index is 3.17. The van der Waals surface area contributed by atoms with Crippen LogP contribution >= 0.6 is 0 Å². The summed E-state index contributed by atoms with van der Waals surface area (Å²) >= 11 is 0. The predicted octanol–water partition coefficient (Wildman–Crippen LogP) is 0.506. The van der Waals surface area contributed by atoms with Crippen molar-refractivity contribution in [2.24, 2.45) is 0 Å². The molecule has 0 aliphatic heterocycles. The summed E-state index contributed by atoms with van der Waals surface area (Å²) in [5.41, 5.74) is 5.67. The highest BCUT2D eigenvalue weighted by Gasteiger charge is 1.95. The third kappa shape index (κ3) is 1.13. The van der Waals surface area contributed by atoms with Crippen LogP contribution in [-0.4, -0.2) is 9.97 Å². The summed E-state index contributed by atoms with van der Waals surface area (Å²) in [6.45, 7) is 1.60. The molecule has 48 valence electrons. The molecule has 0 aromatic carbocycles. The molecule has 4 heteroatoms. The topological polar surface area (TPSA) is 51.8 Å². The highest BCUT2D eigenvalue weighted by molar-refractivity contribution is 5.31. The molecule has 0 radical (unpaired) electrons. The Bertz CT molecular complexity index is 223. The predicted molar refractivity (Wildman–Crippen MR) is 31.1 cm³/mol. The second kappa shape index (κ2) is 1.97. The highest BCUT2D eigenvalue weighted by atomic mass is 19.1. The SMILES string of the molecule is Cc1nc(F)cnc1N. The number of hydrogen-bond donors (Lipinski definition) is 1. The number of aryl methyl sites for hydroxylation is 1. The van der Waals surface area contributed by atoms with Crippen molar-refractivity contribution in [3.63, 3.8) is 0 Å². The van der Waals surface area contributed by atoms with Gasteiger partial charge in [-0.1, -0.05) is 0 Å². The first-order chi connectivity index (χ1) is 4.20. The fraction of sp³-hybridized carbons (Fsp3) is 0.200. The van der Waals surface area contributed by atoms with Gasteiger partial charge in [-0.15, -0.1) is 0 Å². The highest BCUT2D eigenvalue weighted by Crippen LogP contribution is 2.01. The van der Waals surface area contributed by atoms with Gasteiger partial charge in [-0.05, 0) is 6.92 Å². The summed E-state index contributed by atoms with van der Waals surface area (Å²) in [5.74, 6) is -0.321. The van der Waals surface area contributed by atoms with Crippen molar-refractivity contribution in [3.8, 4) is 0 Å². The standard InChI is InChI=1S/C5H6FN3/c1-3-5(7)8-2-4(6)9-3/h2H,1H3,(H2,7,8). The van der Waals surface area contributed by atoms with Crippen LogP contribution in [0.15, 0.2) is 6.20 Å². The zero-order chi connectivity index (χ0) is 6.85. The van der Waals surface area contributed by atoms with Crippen LogP contribution in [0.5, 0.6) is 0 Å². The molecule has 1 rings (SSSR count). The van der Waals surface area contributed by atoms with Gasteiger partial charge in [0, 0.05) is 0 Å². The van der Waals surface area contributed by atoms with Gasteiger partial charge in [0.2, 0.25) is 5.95 Å². The first-order valence-corrected chi connectivity index (χ1v) is 2.45. The van der Waals surface area contributed by atoms with Gasteiger partial charge in [0.25, 0.3) is 0 Å². The van der Waals surface area contributed by atoms with E-state index in [2.05, 4.69) is 9.97 Å². The monoisotopic (exact) mass is 127 g/mol. The van der Waals surface area contributed by atoms with E-state index in [1.807, 2.05) is 0 Å². The van der Waals surface area contributed by atoms with Crippen LogP contribution in [0.1, 0.15) is 5.69 Å². The number of nitrogens with two attached hydrogens (primary N) is 1. The Morgan fingerprint density at radius 3 is 2.78 bits per heavy atom. The lowest BCUT2D eigenvalue weighted by Gasteiger charge is -1.93. The molecule has 9 heavy (non-hydrogen) atoms. The molecule has 1 heterocycles. The molecule has 0 unspecified atom stereocenters. The average molecular weight is 127 g/mol. The van der Waals surface area contributed by atoms with E-state index >= 15 is 0 Å². The van der Waals surface area contributed by atoms with Crippen molar-refractivity contribution in [2.45, 2.75) is 6.92 Å². The summed E-state index contributed by atoms with van der Waals surface area (Å²) in [6.07, 6.45) is 0.988. The normalized spacial score (nSPS) is 9.56. The lowest BCUT2D eigenvalue weighted by atomic mass is 10.5. The molecule has 2 N–H and O–H groups in total. The van der Waals surface area contributed by atoms with Crippen LogP contribution in [0.3, 0.4) is 0 Å². The molecular weight excluding hydrogens is 121 g/mol. The third-order valence-corrected chi connectivity index (χ3v) is 0.955. The number of anilines is 1. The molecular formula is C5H6FN3. The molecule has 0 bridgehead atoms. The Labute approximate surface area is 51.7 Å². The van der Waals surface area contributed by atoms with E-state index in [0.29, 0.717) is 5.69 Å². The minimum atomic E-state index is -0.596. The molecule has 0 fully saturated rings. The van der Waals surface area contributed by atoms with Crippen LogP contribution in [0.25, 0.3) is 0 Å². The molecule has 1 aromatic heterocycles. The van der Waals surface area contributed by atoms with Crippen LogP contribution in [-0.2, 0) is 0 Å².